The molecule has 0 bridgehead atoms. The second-order valence-electron chi connectivity index (χ2n) is 19.3. The lowest BCUT2D eigenvalue weighted by molar-refractivity contribution is 0.590. The summed E-state index contributed by atoms with van der Waals surface area (Å²) in [6.45, 7) is 13.5. The van der Waals surface area contributed by atoms with Crippen molar-refractivity contribution in [3.63, 3.8) is 0 Å². The molecule has 4 nitrogen and oxygen atoms in total. The first kappa shape index (κ1) is 40.4. The molecule has 2 aromatic heterocycles. The van der Waals surface area contributed by atoms with Gasteiger partial charge >= 0.3 is 0 Å². The second kappa shape index (κ2) is 15.7. The molecule has 2 heterocycles. The van der Waals surface area contributed by atoms with Gasteiger partial charge in [0.1, 0.15) is 11.0 Å². The van der Waals surface area contributed by atoms with E-state index in [-0.39, 0.29) is 10.8 Å². The van der Waals surface area contributed by atoms with E-state index in [9.17, 15) is 0 Å². The van der Waals surface area contributed by atoms with E-state index >= 15 is 0 Å². The number of aromatic nitrogens is 3. The van der Waals surface area contributed by atoms with Gasteiger partial charge in [-0.2, -0.15) is 8.75 Å². The Bertz CT molecular complexity index is 3410. The van der Waals surface area contributed by atoms with Crippen LogP contribution in [0.15, 0.2) is 194 Å². The lowest BCUT2D eigenvalue weighted by Crippen LogP contribution is -2.11. The van der Waals surface area contributed by atoms with Crippen molar-refractivity contribution in [3.05, 3.63) is 205 Å². The Balaban J connectivity index is 1.04. The van der Waals surface area contributed by atoms with Gasteiger partial charge < -0.3 is 9.47 Å². The molecule has 0 fully saturated rings. The Labute approximate surface area is 385 Å². The van der Waals surface area contributed by atoms with Crippen molar-refractivity contribution in [2.45, 2.75) is 52.4 Å². The predicted molar refractivity (Wildman–Crippen MR) is 278 cm³/mol. The summed E-state index contributed by atoms with van der Waals surface area (Å²) < 4.78 is 12.5. The quantitative estimate of drug-likeness (QED) is 0.160. The third-order valence-corrected chi connectivity index (χ3v) is 13.6. The number of nitrogens with zero attached hydrogens (tertiary/aromatic N) is 4. The number of rotatable bonds is 7. The van der Waals surface area contributed by atoms with Crippen molar-refractivity contribution in [2.75, 3.05) is 4.90 Å². The maximum atomic E-state index is 5.04. The third kappa shape index (κ3) is 7.26. The SMILES string of the molecule is CC(C)(C)c1ccc(-c2ccc(N(c3ccc(-c4ccc(C(C)(C)C)cc4)cc3)c3ccc(-c4ccc5c(c4)c4c6ccccc6ccc4n5-c4ccccc4)c4nsnc34)cc2)cc1. The molecule has 0 radical (unpaired) electrons. The molecule has 11 aromatic rings. The van der Waals surface area contributed by atoms with Crippen LogP contribution in [0.3, 0.4) is 0 Å². The normalized spacial score (nSPS) is 12.2. The maximum Gasteiger partial charge on any atom is 0.129 e. The third-order valence-electron chi connectivity index (χ3n) is 13.0. The van der Waals surface area contributed by atoms with Crippen LogP contribution in [-0.4, -0.2) is 13.3 Å². The van der Waals surface area contributed by atoms with Gasteiger partial charge in [-0.25, -0.2) is 0 Å². The fourth-order valence-electron chi connectivity index (χ4n) is 9.44. The number of para-hydroxylation sites is 1. The molecule has 0 aliphatic carbocycles. The zero-order valence-corrected chi connectivity index (χ0v) is 38.5. The standard InChI is InChI=1S/C60H50N4S/c1-59(2,3)45-26-16-39(17-27-45)41-20-30-48(31-21-41)63(49-32-22-42(23-33-49)40-18-28-46(29-19-40)60(4,5)6)55-37-34-51(57-58(55)62-65-61-57)44-25-35-53-52(38-44)56-50-15-11-10-12-43(50)24-36-54(56)64(53)47-13-8-7-9-14-47/h7-38H,1-6H3. The molecule has 0 saturated carbocycles. The van der Waals surface area contributed by atoms with Crippen LogP contribution in [0.4, 0.5) is 17.1 Å². The molecule has 0 saturated heterocycles. The molecule has 316 valence electrons. The van der Waals surface area contributed by atoms with Gasteiger partial charge in [0.15, 0.2) is 0 Å². The molecule has 0 atom stereocenters. The van der Waals surface area contributed by atoms with Gasteiger partial charge in [-0.1, -0.05) is 169 Å². The Morgan fingerprint density at radius 2 is 0.938 bits per heavy atom. The first-order chi connectivity index (χ1) is 31.5. The lowest BCUT2D eigenvalue weighted by atomic mass is 9.86. The van der Waals surface area contributed by atoms with E-state index in [4.69, 9.17) is 8.75 Å². The van der Waals surface area contributed by atoms with Crippen LogP contribution in [0.25, 0.3) is 82.7 Å². The van der Waals surface area contributed by atoms with E-state index < -0.39 is 0 Å². The van der Waals surface area contributed by atoms with Gasteiger partial charge in [-0.15, -0.1) is 0 Å². The summed E-state index contributed by atoms with van der Waals surface area (Å²) >= 11 is 1.27. The summed E-state index contributed by atoms with van der Waals surface area (Å²) in [5.74, 6) is 0. The summed E-state index contributed by atoms with van der Waals surface area (Å²) in [4.78, 5) is 2.33. The van der Waals surface area contributed by atoms with E-state index in [1.165, 1.54) is 77.7 Å². The fourth-order valence-corrected chi connectivity index (χ4v) is 10.0. The smallest absolute Gasteiger partial charge is 0.129 e. The highest BCUT2D eigenvalue weighted by Gasteiger charge is 2.23. The van der Waals surface area contributed by atoms with Gasteiger partial charge in [0.05, 0.1) is 28.4 Å². The van der Waals surface area contributed by atoms with Crippen LogP contribution in [0.1, 0.15) is 52.7 Å². The van der Waals surface area contributed by atoms with Crippen molar-refractivity contribution in [3.8, 4) is 39.1 Å². The average molecular weight is 859 g/mol. The Morgan fingerprint density at radius 1 is 0.431 bits per heavy atom. The minimum Gasteiger partial charge on any atom is -0.309 e. The van der Waals surface area contributed by atoms with Crippen LogP contribution >= 0.6 is 11.7 Å². The minimum absolute atomic E-state index is 0.101. The van der Waals surface area contributed by atoms with Crippen LogP contribution in [-0.2, 0) is 10.8 Å². The van der Waals surface area contributed by atoms with E-state index in [1.54, 1.807) is 0 Å². The topological polar surface area (TPSA) is 34.0 Å². The van der Waals surface area contributed by atoms with Crippen molar-refractivity contribution >= 4 is 72.4 Å². The highest BCUT2D eigenvalue weighted by molar-refractivity contribution is 7.00. The predicted octanol–water partition coefficient (Wildman–Crippen LogP) is 17.0. The molecule has 0 unspecified atom stereocenters. The van der Waals surface area contributed by atoms with Gasteiger partial charge in [0.2, 0.25) is 0 Å². The van der Waals surface area contributed by atoms with Crippen LogP contribution < -0.4 is 4.90 Å². The van der Waals surface area contributed by atoms with Crippen LogP contribution in [0.2, 0.25) is 0 Å². The first-order valence-electron chi connectivity index (χ1n) is 22.5. The van der Waals surface area contributed by atoms with Crippen LogP contribution in [0, 0.1) is 0 Å². The lowest BCUT2D eigenvalue weighted by Gasteiger charge is -2.26. The Hall–Kier alpha value is -7.34. The number of fused-ring (bicyclic) bond motifs is 6. The molecule has 0 aliphatic rings. The van der Waals surface area contributed by atoms with E-state index in [0.29, 0.717) is 0 Å². The zero-order chi connectivity index (χ0) is 44.5. The van der Waals surface area contributed by atoms with Gasteiger partial charge in [-0.3, -0.25) is 0 Å². The summed E-state index contributed by atoms with van der Waals surface area (Å²) in [6.07, 6.45) is 0. The van der Waals surface area contributed by atoms with Crippen molar-refractivity contribution in [1.29, 1.82) is 0 Å². The van der Waals surface area contributed by atoms with Crippen molar-refractivity contribution in [2.24, 2.45) is 0 Å². The van der Waals surface area contributed by atoms with Crippen LogP contribution in [0.5, 0.6) is 0 Å². The molecule has 5 heteroatoms. The second-order valence-corrected chi connectivity index (χ2v) is 19.8. The van der Waals surface area contributed by atoms with Crippen molar-refractivity contribution in [1.82, 2.24) is 13.3 Å². The first-order valence-corrected chi connectivity index (χ1v) is 23.2. The van der Waals surface area contributed by atoms with E-state index in [1.807, 2.05) is 0 Å². The summed E-state index contributed by atoms with van der Waals surface area (Å²) in [5.41, 5.74) is 18.1. The van der Waals surface area contributed by atoms with E-state index in [2.05, 4.69) is 245 Å². The van der Waals surface area contributed by atoms with Gasteiger partial charge in [0.25, 0.3) is 0 Å². The largest absolute Gasteiger partial charge is 0.309 e. The Morgan fingerprint density at radius 3 is 1.52 bits per heavy atom. The number of anilines is 3. The number of hydrogen-bond acceptors (Lipinski definition) is 4. The minimum atomic E-state index is 0.101. The van der Waals surface area contributed by atoms with Gasteiger partial charge in [-0.05, 0) is 127 Å². The highest BCUT2D eigenvalue weighted by Crippen LogP contribution is 2.44. The highest BCUT2D eigenvalue weighted by atomic mass is 32.1. The zero-order valence-electron chi connectivity index (χ0n) is 37.7. The fraction of sp³-hybridized carbons (Fsp3) is 0.133. The molecule has 0 aliphatic heterocycles. The summed E-state index contributed by atoms with van der Waals surface area (Å²) in [5, 5.41) is 4.93. The molecule has 0 amide bonds. The summed E-state index contributed by atoms with van der Waals surface area (Å²) in [7, 11) is 0. The maximum absolute atomic E-state index is 5.04. The van der Waals surface area contributed by atoms with Crippen molar-refractivity contribution < 1.29 is 0 Å². The average Bonchev–Trinajstić information content (AvgIpc) is 3.96. The Kier molecular flexibility index (Phi) is 9.78. The molecule has 9 aromatic carbocycles. The molecule has 11 rings (SSSR count). The molecule has 0 spiro atoms. The molecular formula is C60H50N4S. The molecular weight excluding hydrogens is 809 g/mol. The molecule has 65 heavy (non-hydrogen) atoms. The van der Waals surface area contributed by atoms with E-state index in [0.717, 1.165) is 44.9 Å². The molecule has 0 N–H and O–H groups in total. The number of hydrogen-bond donors (Lipinski definition) is 0. The van der Waals surface area contributed by atoms with Gasteiger partial charge in [0, 0.05) is 33.4 Å². The monoisotopic (exact) mass is 858 g/mol. The number of benzene rings is 9. The summed E-state index contributed by atoms with van der Waals surface area (Å²) in [6, 6.07) is 71.0.